The molecule has 2 aromatic carbocycles. The van der Waals surface area contributed by atoms with E-state index in [-0.39, 0.29) is 17.9 Å². The average Bonchev–Trinajstić information content (AvgIpc) is 2.54. The lowest BCUT2D eigenvalue weighted by Gasteiger charge is -2.16. The molecule has 4 nitrogen and oxygen atoms in total. The van der Waals surface area contributed by atoms with E-state index in [0.717, 1.165) is 11.1 Å². The molecule has 1 amide bonds. The summed E-state index contributed by atoms with van der Waals surface area (Å²) in [6, 6.07) is 10.1. The maximum absolute atomic E-state index is 13.2. The third-order valence-electron chi connectivity index (χ3n) is 3.54. The van der Waals surface area contributed by atoms with Crippen LogP contribution in [-0.4, -0.2) is 13.2 Å². The zero-order valence-electron chi connectivity index (χ0n) is 13.7. The summed E-state index contributed by atoms with van der Waals surface area (Å²) in [6.45, 7) is 3.93. The Bertz CT molecular complexity index is 732. The number of nitrogens with one attached hydrogen (secondary N) is 1. The summed E-state index contributed by atoms with van der Waals surface area (Å²) < 4.78 is 36.6. The van der Waals surface area contributed by atoms with Crippen molar-refractivity contribution in [2.24, 2.45) is 0 Å². The van der Waals surface area contributed by atoms with Crippen LogP contribution >= 0.6 is 0 Å². The van der Waals surface area contributed by atoms with E-state index >= 15 is 0 Å². The van der Waals surface area contributed by atoms with Crippen LogP contribution in [0.15, 0.2) is 36.4 Å². The van der Waals surface area contributed by atoms with E-state index in [0.29, 0.717) is 11.3 Å². The van der Waals surface area contributed by atoms with Gasteiger partial charge in [-0.25, -0.2) is 13.6 Å². The number of ether oxygens (including phenoxy) is 2. The van der Waals surface area contributed by atoms with Crippen molar-refractivity contribution in [3.63, 3.8) is 0 Å². The summed E-state index contributed by atoms with van der Waals surface area (Å²) in [7, 11) is 1.17. The van der Waals surface area contributed by atoms with Gasteiger partial charge in [0.15, 0.2) is 0 Å². The molecule has 0 atom stereocenters. The maximum atomic E-state index is 13.2. The molecule has 1 N–H and O–H groups in total. The van der Waals surface area contributed by atoms with Crippen LogP contribution < -0.4 is 10.1 Å². The highest BCUT2D eigenvalue weighted by Crippen LogP contribution is 2.31. The second-order valence-electron chi connectivity index (χ2n) is 5.36. The first-order valence-corrected chi connectivity index (χ1v) is 7.37. The molecule has 0 aliphatic heterocycles. The second-order valence-corrected chi connectivity index (χ2v) is 5.36. The Morgan fingerprint density at radius 1 is 1.21 bits per heavy atom. The van der Waals surface area contributed by atoms with Gasteiger partial charge >= 0.3 is 6.09 Å². The number of methoxy groups -OCH3 is 1. The number of carbonyl (C=O) groups is 1. The number of anilines is 1. The van der Waals surface area contributed by atoms with Gasteiger partial charge in [0.2, 0.25) is 0 Å². The van der Waals surface area contributed by atoms with Gasteiger partial charge in [-0.2, -0.15) is 0 Å². The SMILES string of the molecule is COC(=O)Nc1c(COc2ccc(C)cc2C)cccc1C(F)F. The lowest BCUT2D eigenvalue weighted by Crippen LogP contribution is -2.15. The summed E-state index contributed by atoms with van der Waals surface area (Å²) in [6.07, 6.45) is -3.53. The van der Waals surface area contributed by atoms with Crippen molar-refractivity contribution in [2.75, 3.05) is 12.4 Å². The Morgan fingerprint density at radius 2 is 1.96 bits per heavy atom. The second kappa shape index (κ2) is 7.77. The highest BCUT2D eigenvalue weighted by molar-refractivity contribution is 5.86. The van der Waals surface area contributed by atoms with Crippen LogP contribution in [0.3, 0.4) is 0 Å². The average molecular weight is 335 g/mol. The van der Waals surface area contributed by atoms with E-state index < -0.39 is 12.5 Å². The van der Waals surface area contributed by atoms with Crippen molar-refractivity contribution < 1.29 is 23.0 Å². The van der Waals surface area contributed by atoms with Crippen LogP contribution in [0.2, 0.25) is 0 Å². The Kier molecular flexibility index (Phi) is 5.73. The van der Waals surface area contributed by atoms with Gasteiger partial charge in [-0.05, 0) is 25.5 Å². The lowest BCUT2D eigenvalue weighted by atomic mass is 10.1. The zero-order chi connectivity index (χ0) is 17.7. The van der Waals surface area contributed by atoms with Gasteiger partial charge in [0.25, 0.3) is 6.43 Å². The molecular weight excluding hydrogens is 316 g/mol. The quantitative estimate of drug-likeness (QED) is 0.836. The Balaban J connectivity index is 2.28. The van der Waals surface area contributed by atoms with E-state index in [9.17, 15) is 13.6 Å². The molecule has 6 heteroatoms. The summed E-state index contributed by atoms with van der Waals surface area (Å²) in [5, 5.41) is 2.35. The van der Waals surface area contributed by atoms with Crippen molar-refractivity contribution in [2.45, 2.75) is 26.9 Å². The van der Waals surface area contributed by atoms with Crippen molar-refractivity contribution in [3.8, 4) is 5.75 Å². The number of hydrogen-bond donors (Lipinski definition) is 1. The number of amides is 1. The van der Waals surface area contributed by atoms with Crippen LogP contribution in [0.4, 0.5) is 19.3 Å². The first-order valence-electron chi connectivity index (χ1n) is 7.37. The fourth-order valence-corrected chi connectivity index (χ4v) is 2.34. The fourth-order valence-electron chi connectivity index (χ4n) is 2.34. The number of carbonyl (C=O) groups excluding carboxylic acids is 1. The third kappa shape index (κ3) is 4.22. The van der Waals surface area contributed by atoms with E-state index in [2.05, 4.69) is 10.1 Å². The number of hydrogen-bond acceptors (Lipinski definition) is 3. The number of alkyl halides is 2. The molecule has 24 heavy (non-hydrogen) atoms. The molecule has 0 saturated carbocycles. The maximum Gasteiger partial charge on any atom is 0.411 e. The molecule has 2 rings (SSSR count). The summed E-state index contributed by atoms with van der Waals surface area (Å²) >= 11 is 0. The number of halogens is 2. The van der Waals surface area contributed by atoms with Crippen molar-refractivity contribution in [3.05, 3.63) is 58.7 Å². The predicted molar refractivity (Wildman–Crippen MR) is 87.7 cm³/mol. The Morgan fingerprint density at radius 3 is 2.58 bits per heavy atom. The largest absolute Gasteiger partial charge is 0.489 e. The molecule has 0 saturated heterocycles. The Hall–Kier alpha value is -2.63. The molecule has 0 aliphatic rings. The molecule has 0 bridgehead atoms. The van der Waals surface area contributed by atoms with E-state index in [1.807, 2.05) is 32.0 Å². The minimum Gasteiger partial charge on any atom is -0.489 e. The molecule has 0 spiro atoms. The van der Waals surface area contributed by atoms with Gasteiger partial charge < -0.3 is 9.47 Å². The summed E-state index contributed by atoms with van der Waals surface area (Å²) in [4.78, 5) is 11.5. The predicted octanol–water partition coefficient (Wildman–Crippen LogP) is 5.00. The zero-order valence-corrected chi connectivity index (χ0v) is 13.7. The van der Waals surface area contributed by atoms with Crippen LogP contribution in [0.25, 0.3) is 0 Å². The number of para-hydroxylation sites is 1. The Labute approximate surface area is 139 Å². The van der Waals surface area contributed by atoms with Crippen LogP contribution in [0.5, 0.6) is 5.75 Å². The van der Waals surface area contributed by atoms with E-state index in [4.69, 9.17) is 4.74 Å². The lowest BCUT2D eigenvalue weighted by molar-refractivity contribution is 0.151. The van der Waals surface area contributed by atoms with Crippen LogP contribution in [-0.2, 0) is 11.3 Å². The third-order valence-corrected chi connectivity index (χ3v) is 3.54. The normalized spacial score (nSPS) is 10.6. The minimum absolute atomic E-state index is 0.0177. The van der Waals surface area contributed by atoms with Gasteiger partial charge in [0, 0.05) is 11.1 Å². The van der Waals surface area contributed by atoms with Gasteiger partial charge in [0.05, 0.1) is 12.8 Å². The minimum atomic E-state index is -2.72. The molecular formula is C18H19F2NO3. The first kappa shape index (κ1) is 17.7. The highest BCUT2D eigenvalue weighted by Gasteiger charge is 2.18. The van der Waals surface area contributed by atoms with E-state index in [1.165, 1.54) is 19.2 Å². The molecule has 0 unspecified atom stereocenters. The summed E-state index contributed by atoms with van der Waals surface area (Å²) in [5.41, 5.74) is 2.24. The topological polar surface area (TPSA) is 47.6 Å². The smallest absolute Gasteiger partial charge is 0.411 e. The van der Waals surface area contributed by atoms with Crippen LogP contribution in [0.1, 0.15) is 28.7 Å². The highest BCUT2D eigenvalue weighted by atomic mass is 19.3. The molecule has 0 heterocycles. The fraction of sp³-hybridized carbons (Fsp3) is 0.278. The van der Waals surface area contributed by atoms with Crippen LogP contribution in [0, 0.1) is 13.8 Å². The number of aryl methyl sites for hydroxylation is 2. The monoisotopic (exact) mass is 335 g/mol. The molecule has 0 aromatic heterocycles. The van der Waals surface area contributed by atoms with Crippen molar-refractivity contribution in [1.29, 1.82) is 0 Å². The van der Waals surface area contributed by atoms with Gasteiger partial charge in [-0.1, -0.05) is 35.9 Å². The molecule has 0 fully saturated rings. The van der Waals surface area contributed by atoms with E-state index in [1.54, 1.807) is 6.07 Å². The first-order chi connectivity index (χ1) is 11.4. The standard InChI is InChI=1S/C18H19F2NO3/c1-11-7-8-15(12(2)9-11)24-10-13-5-4-6-14(17(19)20)16(13)21-18(22)23-3/h4-9,17H,10H2,1-3H3,(H,21,22). The summed E-state index contributed by atoms with van der Waals surface area (Å²) in [5.74, 6) is 0.659. The van der Waals surface area contributed by atoms with Gasteiger partial charge in [-0.3, -0.25) is 5.32 Å². The number of benzene rings is 2. The molecule has 128 valence electrons. The van der Waals surface area contributed by atoms with Crippen molar-refractivity contribution in [1.82, 2.24) is 0 Å². The molecule has 0 radical (unpaired) electrons. The number of rotatable bonds is 5. The molecule has 0 aliphatic carbocycles. The van der Waals surface area contributed by atoms with Crippen molar-refractivity contribution >= 4 is 11.8 Å². The molecule has 2 aromatic rings. The van der Waals surface area contributed by atoms with Gasteiger partial charge in [-0.15, -0.1) is 0 Å². The van der Waals surface area contributed by atoms with Gasteiger partial charge in [0.1, 0.15) is 12.4 Å².